The summed E-state index contributed by atoms with van der Waals surface area (Å²) in [5.74, 6) is 0. The van der Waals surface area contributed by atoms with E-state index in [4.69, 9.17) is 5.73 Å². The first-order valence-electron chi connectivity index (χ1n) is 6.90. The molecule has 2 atom stereocenters. The molecule has 0 spiro atoms. The van der Waals surface area contributed by atoms with E-state index in [2.05, 4.69) is 15.9 Å². The zero-order valence-corrected chi connectivity index (χ0v) is 14.2. The number of halogens is 1. The van der Waals surface area contributed by atoms with Crippen LogP contribution in [0.5, 0.6) is 0 Å². The van der Waals surface area contributed by atoms with Gasteiger partial charge in [-0.1, -0.05) is 12.5 Å². The number of sulfonamides is 1. The Morgan fingerprint density at radius 3 is 2.40 bits per heavy atom. The second kappa shape index (κ2) is 6.13. The van der Waals surface area contributed by atoms with Gasteiger partial charge in [-0.2, -0.15) is 4.31 Å². The lowest BCUT2D eigenvalue weighted by Crippen LogP contribution is -2.47. The van der Waals surface area contributed by atoms with Crippen molar-refractivity contribution in [2.24, 2.45) is 5.73 Å². The second-order valence-corrected chi connectivity index (χ2v) is 8.10. The molecule has 6 heteroatoms. The quantitative estimate of drug-likeness (QED) is 0.901. The van der Waals surface area contributed by atoms with Gasteiger partial charge in [0.15, 0.2) is 0 Å². The highest BCUT2D eigenvalue weighted by Crippen LogP contribution is 2.33. The van der Waals surface area contributed by atoms with Gasteiger partial charge in [0.1, 0.15) is 0 Å². The van der Waals surface area contributed by atoms with Gasteiger partial charge in [-0.25, -0.2) is 8.42 Å². The van der Waals surface area contributed by atoms with Crippen molar-refractivity contribution in [3.63, 3.8) is 0 Å². The number of rotatable bonds is 3. The van der Waals surface area contributed by atoms with E-state index in [0.29, 0.717) is 15.9 Å². The van der Waals surface area contributed by atoms with Crippen molar-refractivity contribution < 1.29 is 8.42 Å². The Balaban J connectivity index is 2.44. The Morgan fingerprint density at radius 2 is 1.90 bits per heavy atom. The summed E-state index contributed by atoms with van der Waals surface area (Å²) >= 11 is 3.37. The van der Waals surface area contributed by atoms with Gasteiger partial charge in [-0.3, -0.25) is 0 Å². The van der Waals surface area contributed by atoms with Crippen LogP contribution in [0.2, 0.25) is 0 Å². The molecule has 1 fully saturated rings. The third kappa shape index (κ3) is 2.93. The molecule has 0 aromatic heterocycles. The lowest BCUT2D eigenvalue weighted by atomic mass is 10.0. The topological polar surface area (TPSA) is 63.4 Å². The number of benzene rings is 1. The maximum absolute atomic E-state index is 12.9. The third-order valence-electron chi connectivity index (χ3n) is 3.90. The van der Waals surface area contributed by atoms with E-state index in [1.165, 1.54) is 0 Å². The molecule has 1 aromatic carbocycles. The van der Waals surface area contributed by atoms with Crippen LogP contribution in [0.15, 0.2) is 27.6 Å². The smallest absolute Gasteiger partial charge is 0.244 e. The van der Waals surface area contributed by atoms with E-state index in [9.17, 15) is 8.42 Å². The average molecular weight is 361 g/mol. The van der Waals surface area contributed by atoms with Gasteiger partial charge >= 0.3 is 0 Å². The minimum atomic E-state index is -3.47. The fourth-order valence-electron chi connectivity index (χ4n) is 2.87. The van der Waals surface area contributed by atoms with E-state index >= 15 is 0 Å². The van der Waals surface area contributed by atoms with Crippen LogP contribution in [0.25, 0.3) is 0 Å². The Hall–Kier alpha value is -0.430. The molecule has 2 N–H and O–H groups in total. The number of nitrogens with zero attached hydrogens (tertiary/aromatic N) is 1. The van der Waals surface area contributed by atoms with Crippen LogP contribution in [0.1, 0.15) is 38.7 Å². The molecule has 20 heavy (non-hydrogen) atoms. The van der Waals surface area contributed by atoms with Crippen LogP contribution in [-0.4, -0.2) is 24.8 Å². The van der Waals surface area contributed by atoms with Gasteiger partial charge in [0.2, 0.25) is 10.0 Å². The van der Waals surface area contributed by atoms with E-state index in [0.717, 1.165) is 24.8 Å². The predicted octanol–water partition coefficient (Wildman–Crippen LogP) is 2.86. The molecular formula is C14H21BrN2O2S. The highest BCUT2D eigenvalue weighted by Gasteiger charge is 2.36. The molecule has 4 nitrogen and oxygen atoms in total. The summed E-state index contributed by atoms with van der Waals surface area (Å²) in [5, 5.41) is 0. The number of piperidine rings is 1. The maximum Gasteiger partial charge on any atom is 0.244 e. The molecule has 1 aromatic rings. The van der Waals surface area contributed by atoms with Crippen LogP contribution in [0.4, 0.5) is 0 Å². The summed E-state index contributed by atoms with van der Waals surface area (Å²) in [6, 6.07) is 5.30. The first-order valence-corrected chi connectivity index (χ1v) is 9.13. The Bertz CT molecular complexity index is 579. The van der Waals surface area contributed by atoms with Crippen LogP contribution < -0.4 is 5.73 Å². The lowest BCUT2D eigenvalue weighted by molar-refractivity contribution is 0.204. The number of hydrogen-bond acceptors (Lipinski definition) is 3. The molecule has 0 bridgehead atoms. The molecule has 2 rings (SSSR count). The monoisotopic (exact) mass is 360 g/mol. The predicted molar refractivity (Wildman–Crippen MR) is 83.8 cm³/mol. The largest absolute Gasteiger partial charge is 0.326 e. The lowest BCUT2D eigenvalue weighted by Gasteiger charge is -2.37. The van der Waals surface area contributed by atoms with E-state index < -0.39 is 10.0 Å². The highest BCUT2D eigenvalue weighted by atomic mass is 79.9. The zero-order valence-electron chi connectivity index (χ0n) is 11.8. The zero-order chi connectivity index (χ0) is 14.9. The third-order valence-corrected chi connectivity index (χ3v) is 7.01. The van der Waals surface area contributed by atoms with Crippen molar-refractivity contribution in [3.05, 3.63) is 28.2 Å². The van der Waals surface area contributed by atoms with Gasteiger partial charge in [-0.15, -0.1) is 0 Å². The molecule has 1 aliphatic heterocycles. The molecule has 0 aliphatic carbocycles. The van der Waals surface area contributed by atoms with Crippen molar-refractivity contribution in [2.75, 3.05) is 0 Å². The van der Waals surface area contributed by atoms with E-state index in [1.807, 2.05) is 13.8 Å². The van der Waals surface area contributed by atoms with Gasteiger partial charge < -0.3 is 5.73 Å². The van der Waals surface area contributed by atoms with E-state index in [-0.39, 0.29) is 12.1 Å². The van der Waals surface area contributed by atoms with Crippen molar-refractivity contribution >= 4 is 26.0 Å². The van der Waals surface area contributed by atoms with Crippen LogP contribution in [-0.2, 0) is 16.6 Å². The Kier molecular flexibility index (Phi) is 4.89. The summed E-state index contributed by atoms with van der Waals surface area (Å²) in [4.78, 5) is 0.329. The Labute approximate surface area is 129 Å². The first-order chi connectivity index (χ1) is 9.37. The standard InChI is InChI=1S/C14H21BrN2O2S/c1-10-4-3-5-11(2)17(10)20(18,19)14-7-6-12(9-16)8-13(14)15/h6-8,10-11H,3-5,9,16H2,1-2H3. The van der Waals surface area contributed by atoms with E-state index in [1.54, 1.807) is 22.5 Å². The van der Waals surface area contributed by atoms with Crippen molar-refractivity contribution in [1.29, 1.82) is 0 Å². The summed E-state index contributed by atoms with van der Waals surface area (Å²) in [6.45, 7) is 4.36. The average Bonchev–Trinajstić information content (AvgIpc) is 2.37. The summed E-state index contributed by atoms with van der Waals surface area (Å²) in [5.41, 5.74) is 6.50. The van der Waals surface area contributed by atoms with Gasteiger partial charge in [0.25, 0.3) is 0 Å². The highest BCUT2D eigenvalue weighted by molar-refractivity contribution is 9.10. The molecule has 1 saturated heterocycles. The van der Waals surface area contributed by atoms with Gasteiger partial charge in [0, 0.05) is 23.1 Å². The molecule has 0 radical (unpaired) electrons. The molecule has 2 unspecified atom stereocenters. The maximum atomic E-state index is 12.9. The van der Waals surface area contributed by atoms with Crippen molar-refractivity contribution in [2.45, 2.75) is 56.6 Å². The molecular weight excluding hydrogens is 340 g/mol. The second-order valence-electron chi connectivity index (χ2n) is 5.43. The van der Waals surface area contributed by atoms with Crippen molar-refractivity contribution in [3.8, 4) is 0 Å². The number of hydrogen-bond donors (Lipinski definition) is 1. The number of nitrogens with two attached hydrogens (primary N) is 1. The SMILES string of the molecule is CC1CCCC(C)N1S(=O)(=O)c1ccc(CN)cc1Br. The summed E-state index contributed by atoms with van der Waals surface area (Å²) in [7, 11) is -3.47. The fraction of sp³-hybridized carbons (Fsp3) is 0.571. The first kappa shape index (κ1) is 15.9. The minimum Gasteiger partial charge on any atom is -0.326 e. The minimum absolute atomic E-state index is 0.0461. The molecule has 0 amide bonds. The van der Waals surface area contributed by atoms with Crippen LogP contribution >= 0.6 is 15.9 Å². The van der Waals surface area contributed by atoms with Crippen LogP contribution in [0.3, 0.4) is 0 Å². The van der Waals surface area contributed by atoms with Gasteiger partial charge in [-0.05, 0) is 60.3 Å². The summed E-state index contributed by atoms with van der Waals surface area (Å²) in [6.07, 6.45) is 2.92. The Morgan fingerprint density at radius 1 is 1.30 bits per heavy atom. The fourth-order valence-corrected chi connectivity index (χ4v) is 5.84. The molecule has 1 heterocycles. The van der Waals surface area contributed by atoms with Gasteiger partial charge in [0.05, 0.1) is 4.90 Å². The molecule has 0 saturated carbocycles. The molecule has 112 valence electrons. The summed E-state index contributed by atoms with van der Waals surface area (Å²) < 4.78 is 28.0. The van der Waals surface area contributed by atoms with Crippen molar-refractivity contribution in [1.82, 2.24) is 4.31 Å². The van der Waals surface area contributed by atoms with Crippen LogP contribution in [0, 0.1) is 0 Å². The molecule has 1 aliphatic rings. The normalized spacial score (nSPS) is 24.8.